The van der Waals surface area contributed by atoms with Gasteiger partial charge in [0.2, 0.25) is 0 Å². The zero-order valence-electron chi connectivity index (χ0n) is 24.9. The number of H-pyrrole nitrogens is 1. The molecular weight excluding hydrogens is 546 g/mol. The number of Topliss-reactive ketones (excluding diaryl/α,β-unsaturated/α-hetero) is 1. The fourth-order valence-corrected chi connectivity index (χ4v) is 5.42. The average molecular weight is 580 g/mol. The van der Waals surface area contributed by atoms with Gasteiger partial charge in [0.15, 0.2) is 5.78 Å². The molecule has 1 aromatic heterocycles. The molecule has 0 atom stereocenters. The van der Waals surface area contributed by atoms with Gasteiger partial charge in [0.25, 0.3) is 5.91 Å². The number of benzene rings is 4. The highest BCUT2D eigenvalue weighted by molar-refractivity contribution is 6.07. The van der Waals surface area contributed by atoms with Crippen molar-refractivity contribution in [2.45, 2.75) is 19.3 Å². The van der Waals surface area contributed by atoms with E-state index in [9.17, 15) is 9.59 Å². The summed E-state index contributed by atoms with van der Waals surface area (Å²) in [5, 5.41) is 2.68. The first-order valence-electron chi connectivity index (χ1n) is 14.7. The van der Waals surface area contributed by atoms with E-state index in [0.717, 1.165) is 75.5 Å². The summed E-state index contributed by atoms with van der Waals surface area (Å²) in [5.74, 6) is 3.16. The number of rotatable bonds is 10. The van der Waals surface area contributed by atoms with E-state index >= 15 is 0 Å². The van der Waals surface area contributed by atoms with E-state index in [0.29, 0.717) is 12.0 Å². The Kier molecular flexibility index (Phi) is 8.18. The Bertz CT molecular complexity index is 1930. The second-order valence-electron chi connectivity index (χ2n) is 11.3. The van der Waals surface area contributed by atoms with Gasteiger partial charge >= 0.3 is 0 Å². The monoisotopic (exact) mass is 579 g/mol. The largest absolute Gasteiger partial charge is 0.341 e. The normalized spacial score (nSPS) is 12.2. The summed E-state index contributed by atoms with van der Waals surface area (Å²) >= 11 is 0. The van der Waals surface area contributed by atoms with Gasteiger partial charge in [-0.05, 0) is 79.6 Å². The van der Waals surface area contributed by atoms with Crippen LogP contribution in [0.4, 0.5) is 5.69 Å². The highest BCUT2D eigenvalue weighted by atomic mass is 16.1. The van der Waals surface area contributed by atoms with E-state index in [4.69, 9.17) is 16.4 Å². The third-order valence-electron chi connectivity index (χ3n) is 7.83. The van der Waals surface area contributed by atoms with Crippen LogP contribution in [0.3, 0.4) is 0 Å². The van der Waals surface area contributed by atoms with Crippen molar-refractivity contribution in [3.8, 4) is 34.9 Å². The maximum atomic E-state index is 12.5. The average Bonchev–Trinajstić information content (AvgIpc) is 3.67. The van der Waals surface area contributed by atoms with Gasteiger partial charge in [-0.1, -0.05) is 60.5 Å². The minimum absolute atomic E-state index is 0.164. The van der Waals surface area contributed by atoms with Gasteiger partial charge in [0, 0.05) is 29.5 Å². The first-order valence-corrected chi connectivity index (χ1v) is 14.7. The first kappa shape index (κ1) is 28.8. The molecule has 7 nitrogen and oxygen atoms in total. The number of aromatic nitrogens is 2. The number of nitrogens with one attached hydrogen (secondary N) is 2. The molecule has 0 fully saturated rings. The molecule has 2 heterocycles. The number of amides is 1. The Labute approximate surface area is 257 Å². The second kappa shape index (κ2) is 12.5. The molecule has 0 saturated heterocycles. The summed E-state index contributed by atoms with van der Waals surface area (Å²) in [6, 6.07) is 27.7. The van der Waals surface area contributed by atoms with Gasteiger partial charge in [0.05, 0.1) is 29.0 Å². The Balaban J connectivity index is 1.17. The third kappa shape index (κ3) is 6.22. The van der Waals surface area contributed by atoms with Gasteiger partial charge in [-0.2, -0.15) is 0 Å². The molecule has 0 bridgehead atoms. The van der Waals surface area contributed by atoms with Crippen LogP contribution in [0.2, 0.25) is 0 Å². The van der Waals surface area contributed by atoms with Crippen LogP contribution in [0.1, 0.15) is 44.7 Å². The van der Waals surface area contributed by atoms with E-state index in [-0.39, 0.29) is 18.2 Å². The fraction of sp³-hybridized carbons (Fsp3) is 0.189. The van der Waals surface area contributed by atoms with Gasteiger partial charge in [-0.15, -0.1) is 6.42 Å². The highest BCUT2D eigenvalue weighted by Crippen LogP contribution is 2.34. The van der Waals surface area contributed by atoms with Crippen molar-refractivity contribution >= 4 is 34.1 Å². The standard InChI is InChI=1S/C37H33N5O2/c1-4-19-38-37(44)27-13-7-24(8-14-27)32-23-30-16-15-28(21-33(30)39-32)29-17-18-31-34(22-29)41-36(40-31)26-11-9-25(10-12-26)35(43)6-5-20-42(2)3/h1,7-18,21-22H,5-6,19-20,23H2,2-3H3,(H,38,44)(H,40,41). The topological polar surface area (TPSA) is 90.4 Å². The number of aromatic amines is 1. The Morgan fingerprint density at radius 1 is 0.886 bits per heavy atom. The summed E-state index contributed by atoms with van der Waals surface area (Å²) in [5.41, 5.74) is 10.3. The number of carbonyl (C=O) groups is 2. The lowest BCUT2D eigenvalue weighted by atomic mass is 9.99. The van der Waals surface area contributed by atoms with Crippen molar-refractivity contribution in [1.82, 2.24) is 20.2 Å². The van der Waals surface area contributed by atoms with Gasteiger partial charge < -0.3 is 15.2 Å². The second-order valence-corrected chi connectivity index (χ2v) is 11.3. The van der Waals surface area contributed by atoms with Crippen LogP contribution in [0.25, 0.3) is 33.5 Å². The maximum Gasteiger partial charge on any atom is 0.252 e. The van der Waals surface area contributed by atoms with E-state index in [1.54, 1.807) is 12.1 Å². The van der Waals surface area contributed by atoms with Crippen molar-refractivity contribution in [2.24, 2.45) is 4.99 Å². The van der Waals surface area contributed by atoms with Crippen molar-refractivity contribution in [3.05, 3.63) is 107 Å². The lowest BCUT2D eigenvalue weighted by molar-refractivity contribution is 0.0955. The molecular formula is C37H33N5O2. The number of carbonyl (C=O) groups excluding carboxylic acids is 2. The van der Waals surface area contributed by atoms with Crippen molar-refractivity contribution in [2.75, 3.05) is 27.2 Å². The van der Waals surface area contributed by atoms with E-state index < -0.39 is 0 Å². The number of hydrogen-bond acceptors (Lipinski definition) is 5. The molecule has 0 spiro atoms. The smallest absolute Gasteiger partial charge is 0.252 e. The fourth-order valence-electron chi connectivity index (χ4n) is 5.42. The predicted octanol–water partition coefficient (Wildman–Crippen LogP) is 6.46. The van der Waals surface area contributed by atoms with Crippen LogP contribution >= 0.6 is 0 Å². The number of terminal acetylenes is 1. The third-order valence-corrected chi connectivity index (χ3v) is 7.83. The zero-order valence-corrected chi connectivity index (χ0v) is 24.9. The summed E-state index contributed by atoms with van der Waals surface area (Å²) in [7, 11) is 4.03. The zero-order chi connectivity index (χ0) is 30.6. The molecule has 6 rings (SSSR count). The number of imidazole rings is 1. The maximum absolute atomic E-state index is 12.5. The van der Waals surface area contributed by atoms with Crippen LogP contribution in [-0.4, -0.2) is 59.5 Å². The molecule has 7 heteroatoms. The number of hydrogen-bond donors (Lipinski definition) is 2. The Hall–Kier alpha value is -5.32. The van der Waals surface area contributed by atoms with Crippen LogP contribution in [-0.2, 0) is 6.42 Å². The van der Waals surface area contributed by atoms with Crippen molar-refractivity contribution < 1.29 is 9.59 Å². The number of fused-ring (bicyclic) bond motifs is 2. The minimum Gasteiger partial charge on any atom is -0.341 e. The quantitative estimate of drug-likeness (QED) is 0.147. The molecule has 0 aliphatic carbocycles. The number of ketones is 1. The van der Waals surface area contributed by atoms with E-state index in [1.807, 2.05) is 56.6 Å². The molecule has 0 radical (unpaired) electrons. The summed E-state index contributed by atoms with van der Waals surface area (Å²) in [6.45, 7) is 1.10. The molecule has 218 valence electrons. The molecule has 0 saturated carbocycles. The van der Waals surface area contributed by atoms with Crippen LogP contribution in [0.5, 0.6) is 0 Å². The molecule has 4 aromatic carbocycles. The van der Waals surface area contributed by atoms with Crippen LogP contribution in [0.15, 0.2) is 89.9 Å². The van der Waals surface area contributed by atoms with Gasteiger partial charge in [0.1, 0.15) is 5.82 Å². The van der Waals surface area contributed by atoms with Crippen molar-refractivity contribution in [1.29, 1.82) is 0 Å². The molecule has 1 amide bonds. The Morgan fingerprint density at radius 3 is 2.32 bits per heavy atom. The molecule has 1 aliphatic rings. The van der Waals surface area contributed by atoms with E-state index in [2.05, 4.69) is 51.5 Å². The Morgan fingerprint density at radius 2 is 1.57 bits per heavy atom. The summed E-state index contributed by atoms with van der Waals surface area (Å²) in [4.78, 5) is 40.0. The van der Waals surface area contributed by atoms with Crippen LogP contribution < -0.4 is 5.32 Å². The number of aliphatic imine (C=N–C) groups is 1. The lowest BCUT2D eigenvalue weighted by Crippen LogP contribution is -2.23. The minimum atomic E-state index is -0.187. The SMILES string of the molecule is C#CCNC(=O)c1ccc(C2=Nc3cc(-c4ccc5nc(-c6ccc(C(=O)CCCN(C)C)cc6)[nH]c5c4)ccc3C2)cc1. The predicted molar refractivity (Wildman–Crippen MR) is 177 cm³/mol. The molecule has 0 unspecified atom stereocenters. The first-order chi connectivity index (χ1) is 21.4. The van der Waals surface area contributed by atoms with Gasteiger partial charge in [-0.3, -0.25) is 14.6 Å². The molecule has 44 heavy (non-hydrogen) atoms. The van der Waals surface area contributed by atoms with Crippen LogP contribution in [0, 0.1) is 12.3 Å². The van der Waals surface area contributed by atoms with Crippen molar-refractivity contribution in [3.63, 3.8) is 0 Å². The van der Waals surface area contributed by atoms with Gasteiger partial charge in [-0.25, -0.2) is 4.98 Å². The molecule has 5 aromatic rings. The summed E-state index contributed by atoms with van der Waals surface area (Å²) in [6.07, 6.45) is 7.36. The highest BCUT2D eigenvalue weighted by Gasteiger charge is 2.18. The summed E-state index contributed by atoms with van der Waals surface area (Å²) < 4.78 is 0. The van der Waals surface area contributed by atoms with E-state index in [1.165, 1.54) is 5.56 Å². The number of nitrogens with zero attached hydrogens (tertiary/aromatic N) is 3. The molecule has 2 N–H and O–H groups in total. The molecule has 1 aliphatic heterocycles. The lowest BCUT2D eigenvalue weighted by Gasteiger charge is -2.08.